The van der Waals surface area contributed by atoms with Crippen molar-refractivity contribution in [3.05, 3.63) is 64.7 Å². The van der Waals surface area contributed by atoms with E-state index in [0.717, 1.165) is 10.4 Å². The van der Waals surface area contributed by atoms with Crippen LogP contribution >= 0.6 is 0 Å². The standard InChI is InChI=1S/C21H22FN5O4S/c1-2-26-20(29)14-8-3-5-10-16(14)23-21(26)25-24-19(28)17-11-7-13-27(17)32(30,31)18-12-6-4-9-15(18)22/h3-6,8-10,12,17H,2,7,11,13H2,1H3,(H,23,25)(H,24,28). The van der Waals surface area contributed by atoms with Crippen LogP contribution in [0.4, 0.5) is 10.3 Å². The largest absolute Gasteiger partial charge is 0.277 e. The quantitative estimate of drug-likeness (QED) is 0.544. The molecule has 2 heterocycles. The highest BCUT2D eigenvalue weighted by atomic mass is 32.2. The fraction of sp³-hybridized carbons (Fsp3) is 0.286. The molecule has 1 aromatic heterocycles. The van der Waals surface area contributed by atoms with Gasteiger partial charge in [0.15, 0.2) is 0 Å². The summed E-state index contributed by atoms with van der Waals surface area (Å²) in [5.74, 6) is -1.36. The Kier molecular flexibility index (Phi) is 5.94. The second-order valence-corrected chi connectivity index (χ2v) is 9.18. The molecule has 2 aromatic carbocycles. The molecule has 11 heteroatoms. The Morgan fingerprint density at radius 3 is 2.66 bits per heavy atom. The van der Waals surface area contributed by atoms with Crippen LogP contribution in [0.5, 0.6) is 0 Å². The van der Waals surface area contributed by atoms with Crippen LogP contribution in [0.1, 0.15) is 19.8 Å². The molecule has 1 amide bonds. The first-order valence-corrected chi connectivity index (χ1v) is 11.6. The van der Waals surface area contributed by atoms with Gasteiger partial charge in [0, 0.05) is 13.1 Å². The summed E-state index contributed by atoms with van der Waals surface area (Å²) in [6.07, 6.45) is 0.743. The number of para-hydroxylation sites is 1. The first-order chi connectivity index (χ1) is 15.3. The minimum Gasteiger partial charge on any atom is -0.277 e. The summed E-state index contributed by atoms with van der Waals surface area (Å²) >= 11 is 0. The zero-order valence-electron chi connectivity index (χ0n) is 17.3. The van der Waals surface area contributed by atoms with E-state index in [-0.39, 0.29) is 24.5 Å². The molecule has 1 unspecified atom stereocenters. The topological polar surface area (TPSA) is 113 Å². The number of carbonyl (C=O) groups excluding carboxylic acids is 1. The van der Waals surface area contributed by atoms with Gasteiger partial charge in [-0.25, -0.2) is 17.8 Å². The summed E-state index contributed by atoms with van der Waals surface area (Å²) in [5, 5.41) is 0.448. The highest BCUT2D eigenvalue weighted by Crippen LogP contribution is 2.27. The Bertz CT molecular complexity index is 1340. The lowest BCUT2D eigenvalue weighted by Gasteiger charge is -2.24. The normalized spacial score (nSPS) is 16.9. The van der Waals surface area contributed by atoms with Gasteiger partial charge in [-0.05, 0) is 44.0 Å². The maximum atomic E-state index is 14.1. The van der Waals surface area contributed by atoms with Gasteiger partial charge in [-0.2, -0.15) is 4.31 Å². The molecule has 1 fully saturated rings. The molecule has 4 rings (SSSR count). The van der Waals surface area contributed by atoms with Crippen LogP contribution in [0, 0.1) is 5.82 Å². The minimum absolute atomic E-state index is 0.0998. The van der Waals surface area contributed by atoms with E-state index in [1.807, 2.05) is 0 Å². The molecular formula is C21H22FN5O4S. The summed E-state index contributed by atoms with van der Waals surface area (Å²) in [5.41, 5.74) is 5.32. The summed E-state index contributed by atoms with van der Waals surface area (Å²) < 4.78 is 42.4. The molecule has 1 atom stereocenters. The van der Waals surface area contributed by atoms with Gasteiger partial charge in [0.25, 0.3) is 11.5 Å². The molecule has 0 bridgehead atoms. The van der Waals surface area contributed by atoms with Gasteiger partial charge in [-0.15, -0.1) is 0 Å². The van der Waals surface area contributed by atoms with E-state index in [2.05, 4.69) is 15.8 Å². The van der Waals surface area contributed by atoms with E-state index < -0.39 is 32.7 Å². The third kappa shape index (κ3) is 3.84. The lowest BCUT2D eigenvalue weighted by Crippen LogP contribution is -2.48. The zero-order chi connectivity index (χ0) is 22.9. The van der Waals surface area contributed by atoms with E-state index in [1.54, 1.807) is 31.2 Å². The monoisotopic (exact) mass is 459 g/mol. The summed E-state index contributed by atoms with van der Waals surface area (Å²) in [7, 11) is -4.20. The minimum atomic E-state index is -4.20. The average Bonchev–Trinajstić information content (AvgIpc) is 3.29. The highest BCUT2D eigenvalue weighted by Gasteiger charge is 2.40. The number of halogens is 1. The summed E-state index contributed by atoms with van der Waals surface area (Å²) in [6, 6.07) is 10.9. The molecule has 0 spiro atoms. The van der Waals surface area contributed by atoms with Crippen LogP contribution in [0.25, 0.3) is 10.9 Å². The van der Waals surface area contributed by atoms with Crippen molar-refractivity contribution in [1.29, 1.82) is 0 Å². The number of nitrogens with one attached hydrogen (secondary N) is 2. The molecule has 3 aromatic rings. The van der Waals surface area contributed by atoms with Crippen LogP contribution in [0.15, 0.2) is 58.2 Å². The highest BCUT2D eigenvalue weighted by molar-refractivity contribution is 7.89. The third-order valence-electron chi connectivity index (χ3n) is 5.40. The van der Waals surface area contributed by atoms with Gasteiger partial charge in [-0.1, -0.05) is 24.3 Å². The predicted octanol–water partition coefficient (Wildman–Crippen LogP) is 1.85. The fourth-order valence-electron chi connectivity index (χ4n) is 3.83. The number of carbonyl (C=O) groups is 1. The lowest BCUT2D eigenvalue weighted by atomic mass is 10.2. The van der Waals surface area contributed by atoms with Crippen molar-refractivity contribution in [2.24, 2.45) is 0 Å². The van der Waals surface area contributed by atoms with Gasteiger partial charge in [0.05, 0.1) is 10.9 Å². The molecular weight excluding hydrogens is 437 g/mol. The first-order valence-electron chi connectivity index (χ1n) is 10.2. The Morgan fingerprint density at radius 1 is 1.19 bits per heavy atom. The van der Waals surface area contributed by atoms with E-state index >= 15 is 0 Å². The van der Waals surface area contributed by atoms with Crippen LogP contribution in [0.3, 0.4) is 0 Å². The number of hydrogen-bond acceptors (Lipinski definition) is 6. The second kappa shape index (κ2) is 8.67. The number of hydrazine groups is 1. The SMILES string of the molecule is CCn1c(NNC(=O)C2CCCN2S(=O)(=O)c2ccccc2F)nc2ccccc2c1=O. The molecule has 1 aliphatic rings. The smallest absolute Gasteiger partial charge is 0.262 e. The number of nitrogens with zero attached hydrogens (tertiary/aromatic N) is 3. The summed E-state index contributed by atoms with van der Waals surface area (Å²) in [4.78, 5) is 29.5. The van der Waals surface area contributed by atoms with Crippen LogP contribution < -0.4 is 16.4 Å². The maximum absolute atomic E-state index is 14.1. The number of benzene rings is 2. The molecule has 9 nitrogen and oxygen atoms in total. The van der Waals surface area contributed by atoms with E-state index in [0.29, 0.717) is 23.9 Å². The number of aromatic nitrogens is 2. The predicted molar refractivity (Wildman–Crippen MR) is 117 cm³/mol. The van der Waals surface area contributed by atoms with Gasteiger partial charge >= 0.3 is 0 Å². The van der Waals surface area contributed by atoms with Crippen molar-refractivity contribution < 1.29 is 17.6 Å². The number of amides is 1. The Balaban J connectivity index is 1.57. The van der Waals surface area contributed by atoms with Crippen molar-refractivity contribution >= 4 is 32.8 Å². The Morgan fingerprint density at radius 2 is 1.91 bits per heavy atom. The van der Waals surface area contributed by atoms with E-state index in [9.17, 15) is 22.4 Å². The van der Waals surface area contributed by atoms with Crippen molar-refractivity contribution in [2.75, 3.05) is 12.0 Å². The Hall–Kier alpha value is -3.31. The summed E-state index contributed by atoms with van der Waals surface area (Å²) in [6.45, 7) is 2.18. The van der Waals surface area contributed by atoms with Gasteiger partial charge in [-0.3, -0.25) is 25.0 Å². The molecule has 2 N–H and O–H groups in total. The molecule has 1 saturated heterocycles. The average molecular weight is 460 g/mol. The van der Waals surface area contributed by atoms with Gasteiger partial charge < -0.3 is 0 Å². The number of fused-ring (bicyclic) bond motifs is 1. The van der Waals surface area contributed by atoms with E-state index in [1.165, 1.54) is 22.8 Å². The first kappa shape index (κ1) is 21.9. The fourth-order valence-corrected chi connectivity index (χ4v) is 5.55. The molecule has 32 heavy (non-hydrogen) atoms. The maximum Gasteiger partial charge on any atom is 0.262 e. The molecule has 0 radical (unpaired) electrons. The molecule has 1 aliphatic heterocycles. The lowest BCUT2D eigenvalue weighted by molar-refractivity contribution is -0.123. The van der Waals surface area contributed by atoms with Gasteiger partial charge in [0.2, 0.25) is 16.0 Å². The van der Waals surface area contributed by atoms with Crippen molar-refractivity contribution in [1.82, 2.24) is 19.3 Å². The number of rotatable bonds is 6. The molecule has 0 saturated carbocycles. The molecule has 168 valence electrons. The third-order valence-corrected chi connectivity index (χ3v) is 7.35. The second-order valence-electron chi connectivity index (χ2n) is 7.32. The van der Waals surface area contributed by atoms with Crippen molar-refractivity contribution in [3.63, 3.8) is 0 Å². The van der Waals surface area contributed by atoms with Crippen LogP contribution in [0.2, 0.25) is 0 Å². The molecule has 0 aliphatic carbocycles. The van der Waals surface area contributed by atoms with Gasteiger partial charge in [0.1, 0.15) is 16.8 Å². The zero-order valence-corrected chi connectivity index (χ0v) is 18.1. The van der Waals surface area contributed by atoms with Crippen molar-refractivity contribution in [2.45, 2.75) is 37.2 Å². The number of sulfonamides is 1. The van der Waals surface area contributed by atoms with Crippen molar-refractivity contribution in [3.8, 4) is 0 Å². The Labute approximate surface area is 183 Å². The number of anilines is 1. The van der Waals surface area contributed by atoms with Crippen LogP contribution in [-0.4, -0.2) is 40.8 Å². The van der Waals surface area contributed by atoms with Crippen LogP contribution in [-0.2, 0) is 21.4 Å². The van der Waals surface area contributed by atoms with E-state index in [4.69, 9.17) is 0 Å². The number of hydrogen-bond donors (Lipinski definition) is 2.